The second-order valence-electron chi connectivity index (χ2n) is 3.49. The van der Waals surface area contributed by atoms with Crippen molar-refractivity contribution in [1.82, 2.24) is 9.55 Å². The fourth-order valence-electron chi connectivity index (χ4n) is 1.49. The van der Waals surface area contributed by atoms with E-state index in [1.165, 1.54) is 13.4 Å². The maximum absolute atomic E-state index is 12.0. The molecule has 0 aliphatic carbocycles. The molecule has 0 atom stereocenters. The maximum atomic E-state index is 12.0. The van der Waals surface area contributed by atoms with Crippen molar-refractivity contribution in [2.24, 2.45) is 0 Å². The van der Waals surface area contributed by atoms with Crippen molar-refractivity contribution in [1.29, 1.82) is 0 Å². The van der Waals surface area contributed by atoms with Crippen molar-refractivity contribution in [3.05, 3.63) is 41.0 Å². The van der Waals surface area contributed by atoms with Gasteiger partial charge in [-0.1, -0.05) is 0 Å². The SMILES string of the molecule is COc1ccc2ncn(/C=C/C(=O)O)c(=O)c2c1.[NaH]. The summed E-state index contributed by atoms with van der Waals surface area (Å²) in [4.78, 5) is 26.5. The van der Waals surface area contributed by atoms with E-state index < -0.39 is 5.97 Å². The molecule has 0 aliphatic rings. The molecule has 0 saturated carbocycles. The van der Waals surface area contributed by atoms with E-state index >= 15 is 0 Å². The number of nitrogens with zero attached hydrogens (tertiary/aromatic N) is 2. The molecule has 7 heteroatoms. The zero-order valence-electron chi connectivity index (χ0n) is 9.53. The van der Waals surface area contributed by atoms with Gasteiger partial charge in [0.25, 0.3) is 5.56 Å². The van der Waals surface area contributed by atoms with Crippen LogP contribution >= 0.6 is 0 Å². The van der Waals surface area contributed by atoms with Gasteiger partial charge in [-0.25, -0.2) is 9.78 Å². The van der Waals surface area contributed by atoms with E-state index in [0.29, 0.717) is 16.7 Å². The summed E-state index contributed by atoms with van der Waals surface area (Å²) < 4.78 is 6.13. The van der Waals surface area contributed by atoms with Crippen molar-refractivity contribution < 1.29 is 14.6 Å². The second kappa shape index (κ2) is 6.51. The zero-order valence-corrected chi connectivity index (χ0v) is 9.53. The minimum absolute atomic E-state index is 0. The summed E-state index contributed by atoms with van der Waals surface area (Å²) in [5, 5.41) is 8.89. The van der Waals surface area contributed by atoms with Crippen LogP contribution in [0.25, 0.3) is 17.1 Å². The van der Waals surface area contributed by atoms with Crippen LogP contribution in [-0.4, -0.2) is 57.3 Å². The Balaban J connectivity index is 0.00000180. The van der Waals surface area contributed by atoms with Crippen LogP contribution in [0.2, 0.25) is 0 Å². The molecular weight excluding hydrogens is 259 g/mol. The third kappa shape index (κ3) is 3.44. The molecule has 19 heavy (non-hydrogen) atoms. The fraction of sp³-hybridized carbons (Fsp3) is 0.0833. The number of hydrogen-bond acceptors (Lipinski definition) is 4. The van der Waals surface area contributed by atoms with Crippen molar-refractivity contribution in [2.75, 3.05) is 7.11 Å². The molecule has 0 saturated heterocycles. The van der Waals surface area contributed by atoms with E-state index in [1.54, 1.807) is 18.2 Å². The van der Waals surface area contributed by atoms with Crippen molar-refractivity contribution in [3.63, 3.8) is 0 Å². The Labute approximate surface area is 130 Å². The number of ether oxygens (including phenoxy) is 1. The molecule has 0 aliphatic heterocycles. The monoisotopic (exact) mass is 270 g/mol. The van der Waals surface area contributed by atoms with Gasteiger partial charge in [-0.15, -0.1) is 0 Å². The van der Waals surface area contributed by atoms with Gasteiger partial charge < -0.3 is 9.84 Å². The Morgan fingerprint density at radius 3 is 2.84 bits per heavy atom. The number of methoxy groups -OCH3 is 1. The molecule has 1 aromatic carbocycles. The van der Waals surface area contributed by atoms with E-state index in [9.17, 15) is 9.59 Å². The first-order valence-electron chi connectivity index (χ1n) is 5.08. The summed E-state index contributed by atoms with van der Waals surface area (Å²) in [6.07, 6.45) is 3.29. The first-order valence-corrected chi connectivity index (χ1v) is 5.08. The number of rotatable bonds is 3. The summed E-state index contributed by atoms with van der Waals surface area (Å²) in [6.45, 7) is 0. The first-order chi connectivity index (χ1) is 8.61. The normalized spacial score (nSPS) is 10.4. The van der Waals surface area contributed by atoms with Gasteiger partial charge >= 0.3 is 35.5 Å². The van der Waals surface area contributed by atoms with Gasteiger partial charge in [0.15, 0.2) is 0 Å². The average molecular weight is 270 g/mol. The van der Waals surface area contributed by atoms with Gasteiger partial charge in [0.2, 0.25) is 0 Å². The van der Waals surface area contributed by atoms with Crippen molar-refractivity contribution >= 4 is 52.6 Å². The summed E-state index contributed by atoms with van der Waals surface area (Å²) in [5.74, 6) is -0.589. The number of benzene rings is 1. The third-order valence-electron chi connectivity index (χ3n) is 2.37. The Bertz CT molecular complexity index is 694. The van der Waals surface area contributed by atoms with Crippen LogP contribution in [0.3, 0.4) is 0 Å². The van der Waals surface area contributed by atoms with Gasteiger partial charge in [-0.2, -0.15) is 0 Å². The van der Waals surface area contributed by atoms with Crippen LogP contribution < -0.4 is 10.3 Å². The predicted molar refractivity (Wildman–Crippen MR) is 72.7 cm³/mol. The Morgan fingerprint density at radius 1 is 1.47 bits per heavy atom. The van der Waals surface area contributed by atoms with Gasteiger partial charge in [-0.05, 0) is 18.2 Å². The number of carbonyl (C=O) groups is 1. The molecule has 1 N–H and O–H groups in total. The van der Waals surface area contributed by atoms with Crippen LogP contribution in [0.4, 0.5) is 0 Å². The van der Waals surface area contributed by atoms with Gasteiger partial charge in [0.05, 0.1) is 18.0 Å². The number of aromatic nitrogens is 2. The zero-order chi connectivity index (χ0) is 13.1. The Morgan fingerprint density at radius 2 is 2.21 bits per heavy atom. The molecule has 6 nitrogen and oxygen atoms in total. The quantitative estimate of drug-likeness (QED) is 0.641. The number of carboxylic acids is 1. The van der Waals surface area contributed by atoms with E-state index in [2.05, 4.69) is 4.98 Å². The summed E-state index contributed by atoms with van der Waals surface area (Å²) >= 11 is 0. The van der Waals surface area contributed by atoms with E-state index in [-0.39, 0.29) is 35.1 Å². The summed E-state index contributed by atoms with van der Waals surface area (Å²) in [6, 6.07) is 4.93. The Hall–Kier alpha value is -1.63. The van der Waals surface area contributed by atoms with E-state index in [0.717, 1.165) is 16.8 Å². The number of hydrogen-bond donors (Lipinski definition) is 1. The minimum atomic E-state index is -1.13. The van der Waals surface area contributed by atoms with Crippen LogP contribution in [0.15, 0.2) is 35.4 Å². The Kier molecular flexibility index (Phi) is 5.29. The number of fused-ring (bicyclic) bond motifs is 1. The van der Waals surface area contributed by atoms with Crippen LogP contribution in [-0.2, 0) is 4.79 Å². The third-order valence-corrected chi connectivity index (χ3v) is 2.37. The molecule has 0 radical (unpaired) electrons. The molecule has 0 amide bonds. The molecule has 0 unspecified atom stereocenters. The van der Waals surface area contributed by atoms with Gasteiger partial charge in [0, 0.05) is 12.3 Å². The summed E-state index contributed by atoms with van der Waals surface area (Å²) in [5.41, 5.74) is 0.178. The average Bonchev–Trinajstić information content (AvgIpc) is 2.37. The second-order valence-corrected chi connectivity index (χ2v) is 3.49. The molecule has 2 aromatic rings. The molecule has 94 valence electrons. The molecule has 0 bridgehead atoms. The molecule has 0 spiro atoms. The van der Waals surface area contributed by atoms with E-state index in [4.69, 9.17) is 9.84 Å². The predicted octanol–water partition coefficient (Wildman–Crippen LogP) is 0.312. The van der Waals surface area contributed by atoms with Gasteiger partial charge in [-0.3, -0.25) is 9.36 Å². The van der Waals surface area contributed by atoms with Gasteiger partial charge in [0.1, 0.15) is 12.1 Å². The van der Waals surface area contributed by atoms with Crippen molar-refractivity contribution in [2.45, 2.75) is 0 Å². The molecule has 0 fully saturated rings. The van der Waals surface area contributed by atoms with Crippen LogP contribution in [0.5, 0.6) is 5.75 Å². The van der Waals surface area contributed by atoms with Crippen LogP contribution in [0, 0.1) is 0 Å². The van der Waals surface area contributed by atoms with Crippen molar-refractivity contribution in [3.8, 4) is 5.75 Å². The standard InChI is InChI=1S/C12H10N2O4.Na.H/c1-18-8-2-3-10-9(6-8)12(17)14(7-13-10)5-4-11(15)16;;/h2-7H,1H3,(H,15,16);;/b5-4+;;. The fourth-order valence-corrected chi connectivity index (χ4v) is 1.49. The molecule has 1 heterocycles. The summed E-state index contributed by atoms with van der Waals surface area (Å²) in [7, 11) is 1.50. The number of carboxylic acid groups (broad SMARTS) is 1. The first kappa shape index (κ1) is 15.4. The molecular formula is C12H11N2NaO4. The number of aliphatic carboxylic acids is 1. The van der Waals surface area contributed by atoms with Crippen LogP contribution in [0.1, 0.15) is 0 Å². The molecule has 2 rings (SSSR count). The van der Waals surface area contributed by atoms with E-state index in [1.807, 2.05) is 0 Å². The molecule has 1 aromatic heterocycles. The topological polar surface area (TPSA) is 81.4 Å².